The van der Waals surface area contributed by atoms with Crippen LogP contribution in [0.25, 0.3) is 0 Å². The molecule has 1 heterocycles. The van der Waals surface area contributed by atoms with E-state index in [1.807, 2.05) is 7.05 Å². The molecule has 1 aliphatic carbocycles. The summed E-state index contributed by atoms with van der Waals surface area (Å²) in [5.74, 6) is 0.0797. The molecule has 1 N–H and O–H groups in total. The summed E-state index contributed by atoms with van der Waals surface area (Å²) in [6.07, 6.45) is 4.95. The van der Waals surface area contributed by atoms with Crippen LogP contribution < -0.4 is 5.32 Å². The fraction of sp³-hybridized carbons (Fsp3) is 0.476. The zero-order valence-electron chi connectivity index (χ0n) is 15.4. The van der Waals surface area contributed by atoms with Gasteiger partial charge in [0.05, 0.1) is 12.6 Å². The Morgan fingerprint density at radius 3 is 2.68 bits per heavy atom. The van der Waals surface area contributed by atoms with Gasteiger partial charge in [-0.25, -0.2) is 0 Å². The third-order valence-corrected chi connectivity index (χ3v) is 6.30. The average Bonchev–Trinajstić information content (AvgIpc) is 3.15. The Bertz CT molecular complexity index is 711. The first-order valence-electron chi connectivity index (χ1n) is 9.19. The first-order chi connectivity index (χ1) is 12.0. The number of fused-ring (bicyclic) bond motifs is 1. The van der Waals surface area contributed by atoms with Crippen molar-refractivity contribution in [3.8, 4) is 0 Å². The molecule has 0 radical (unpaired) electrons. The van der Waals surface area contributed by atoms with Crippen LogP contribution in [0.5, 0.6) is 0 Å². The fourth-order valence-electron chi connectivity index (χ4n) is 3.50. The SMILES string of the molecule is C[C@H](c1cccs1)N(C)CC(=O)N[C@H](C)c1ccc2c(c1)CCCC2. The minimum atomic E-state index is 0.0465. The van der Waals surface area contributed by atoms with Gasteiger partial charge in [0.15, 0.2) is 0 Å². The second kappa shape index (κ2) is 8.15. The van der Waals surface area contributed by atoms with Crippen molar-refractivity contribution in [1.82, 2.24) is 10.2 Å². The number of aryl methyl sites for hydroxylation is 2. The lowest BCUT2D eigenvalue weighted by Crippen LogP contribution is -2.37. The van der Waals surface area contributed by atoms with Crippen molar-refractivity contribution in [3.63, 3.8) is 0 Å². The standard InChI is InChI=1S/C21H28N2OS/c1-15(18-11-10-17-7-4-5-8-19(17)13-18)22-21(24)14-23(3)16(2)20-9-6-12-25-20/h6,9-13,15-16H,4-5,7-8,14H2,1-3H3,(H,22,24)/t15-,16-/m1/s1. The molecule has 1 aliphatic rings. The maximum absolute atomic E-state index is 12.5. The molecule has 0 aliphatic heterocycles. The highest BCUT2D eigenvalue weighted by atomic mass is 32.1. The first-order valence-corrected chi connectivity index (χ1v) is 10.1. The normalized spacial score (nSPS) is 16.3. The molecular formula is C21H28N2OS. The zero-order chi connectivity index (χ0) is 17.8. The van der Waals surface area contributed by atoms with Gasteiger partial charge in [0.2, 0.25) is 5.91 Å². The summed E-state index contributed by atoms with van der Waals surface area (Å²) in [5, 5.41) is 5.24. The Balaban J connectivity index is 1.57. The lowest BCUT2D eigenvalue weighted by Gasteiger charge is -2.25. The van der Waals surface area contributed by atoms with E-state index in [1.165, 1.54) is 47.3 Å². The molecule has 3 rings (SSSR count). The van der Waals surface area contributed by atoms with Crippen LogP contribution in [0, 0.1) is 0 Å². The topological polar surface area (TPSA) is 32.3 Å². The molecule has 1 aromatic carbocycles. The number of likely N-dealkylation sites (N-methyl/N-ethyl adjacent to an activating group) is 1. The Hall–Kier alpha value is -1.65. The maximum Gasteiger partial charge on any atom is 0.234 e. The monoisotopic (exact) mass is 356 g/mol. The number of hydrogen-bond donors (Lipinski definition) is 1. The van der Waals surface area contributed by atoms with Gasteiger partial charge in [0.1, 0.15) is 0 Å². The second-order valence-electron chi connectivity index (χ2n) is 7.13. The number of hydrogen-bond acceptors (Lipinski definition) is 3. The van der Waals surface area contributed by atoms with Crippen LogP contribution in [0.3, 0.4) is 0 Å². The summed E-state index contributed by atoms with van der Waals surface area (Å²) in [4.78, 5) is 15.8. The number of carbonyl (C=O) groups is 1. The predicted octanol–water partition coefficient (Wildman–Crippen LogP) is 4.50. The van der Waals surface area contributed by atoms with Crippen molar-refractivity contribution < 1.29 is 4.79 Å². The van der Waals surface area contributed by atoms with Crippen molar-refractivity contribution in [3.05, 3.63) is 57.3 Å². The molecule has 0 spiro atoms. The Labute approximate surface area is 155 Å². The van der Waals surface area contributed by atoms with Crippen LogP contribution in [0.15, 0.2) is 35.7 Å². The highest BCUT2D eigenvalue weighted by Gasteiger charge is 2.18. The van der Waals surface area contributed by atoms with Crippen LogP contribution in [-0.4, -0.2) is 24.4 Å². The van der Waals surface area contributed by atoms with Gasteiger partial charge in [-0.05, 0) is 74.7 Å². The van der Waals surface area contributed by atoms with Crippen LogP contribution in [0.2, 0.25) is 0 Å². The van der Waals surface area contributed by atoms with Crippen LogP contribution in [0.1, 0.15) is 60.3 Å². The quantitative estimate of drug-likeness (QED) is 0.827. The number of nitrogens with zero attached hydrogens (tertiary/aromatic N) is 1. The van der Waals surface area contributed by atoms with E-state index in [0.29, 0.717) is 6.54 Å². The van der Waals surface area contributed by atoms with E-state index < -0.39 is 0 Å². The van der Waals surface area contributed by atoms with Gasteiger partial charge in [0.25, 0.3) is 0 Å². The van der Waals surface area contributed by atoms with Gasteiger partial charge in [-0.15, -0.1) is 11.3 Å². The zero-order valence-corrected chi connectivity index (χ0v) is 16.2. The molecule has 134 valence electrons. The predicted molar refractivity (Wildman–Crippen MR) is 105 cm³/mol. The van der Waals surface area contributed by atoms with E-state index >= 15 is 0 Å². The number of rotatable bonds is 6. The largest absolute Gasteiger partial charge is 0.348 e. The van der Waals surface area contributed by atoms with Crippen molar-refractivity contribution in [2.75, 3.05) is 13.6 Å². The van der Waals surface area contributed by atoms with Crippen molar-refractivity contribution in [1.29, 1.82) is 0 Å². The molecule has 3 nitrogen and oxygen atoms in total. The smallest absolute Gasteiger partial charge is 0.234 e. The lowest BCUT2D eigenvalue weighted by atomic mass is 9.89. The minimum Gasteiger partial charge on any atom is -0.348 e. The molecule has 0 saturated carbocycles. The van der Waals surface area contributed by atoms with E-state index in [2.05, 4.69) is 59.8 Å². The molecule has 2 atom stereocenters. The van der Waals surface area contributed by atoms with E-state index in [4.69, 9.17) is 0 Å². The van der Waals surface area contributed by atoms with E-state index in [-0.39, 0.29) is 18.0 Å². The molecule has 0 saturated heterocycles. The summed E-state index contributed by atoms with van der Waals surface area (Å²) >= 11 is 1.74. The summed E-state index contributed by atoms with van der Waals surface area (Å²) in [7, 11) is 2.01. The molecule has 25 heavy (non-hydrogen) atoms. The summed E-state index contributed by atoms with van der Waals surface area (Å²) in [6.45, 7) is 4.63. The Kier molecular flexibility index (Phi) is 5.92. The van der Waals surface area contributed by atoms with E-state index in [1.54, 1.807) is 11.3 Å². The van der Waals surface area contributed by atoms with Crippen molar-refractivity contribution >= 4 is 17.2 Å². The van der Waals surface area contributed by atoms with Crippen LogP contribution in [-0.2, 0) is 17.6 Å². The molecular weight excluding hydrogens is 328 g/mol. The highest BCUT2D eigenvalue weighted by Crippen LogP contribution is 2.25. The molecule has 2 aromatic rings. The Morgan fingerprint density at radius 2 is 1.96 bits per heavy atom. The molecule has 1 aromatic heterocycles. The van der Waals surface area contributed by atoms with Gasteiger partial charge < -0.3 is 5.32 Å². The Morgan fingerprint density at radius 1 is 1.20 bits per heavy atom. The number of carbonyl (C=O) groups excluding carboxylic acids is 1. The van der Waals surface area contributed by atoms with E-state index in [9.17, 15) is 4.79 Å². The maximum atomic E-state index is 12.5. The molecule has 0 fully saturated rings. The van der Waals surface area contributed by atoms with Gasteiger partial charge in [-0.1, -0.05) is 24.3 Å². The fourth-order valence-corrected chi connectivity index (χ4v) is 4.35. The first kappa shape index (κ1) is 18.2. The van der Waals surface area contributed by atoms with Crippen LogP contribution >= 0.6 is 11.3 Å². The number of nitrogens with one attached hydrogen (secondary N) is 1. The summed E-state index contributed by atoms with van der Waals surface area (Å²) < 4.78 is 0. The molecule has 0 unspecified atom stereocenters. The van der Waals surface area contributed by atoms with Gasteiger partial charge >= 0.3 is 0 Å². The number of amides is 1. The number of thiophene rings is 1. The number of benzene rings is 1. The third-order valence-electron chi connectivity index (χ3n) is 5.26. The molecule has 4 heteroatoms. The van der Waals surface area contributed by atoms with Gasteiger partial charge in [0, 0.05) is 10.9 Å². The highest BCUT2D eigenvalue weighted by molar-refractivity contribution is 7.10. The van der Waals surface area contributed by atoms with Gasteiger partial charge in [-0.2, -0.15) is 0 Å². The second-order valence-corrected chi connectivity index (χ2v) is 8.11. The van der Waals surface area contributed by atoms with E-state index in [0.717, 1.165) is 0 Å². The minimum absolute atomic E-state index is 0.0465. The van der Waals surface area contributed by atoms with Crippen molar-refractivity contribution in [2.24, 2.45) is 0 Å². The lowest BCUT2D eigenvalue weighted by molar-refractivity contribution is -0.123. The third kappa shape index (κ3) is 4.50. The molecule has 0 bridgehead atoms. The van der Waals surface area contributed by atoms with Crippen molar-refractivity contribution in [2.45, 2.75) is 51.6 Å². The summed E-state index contributed by atoms with van der Waals surface area (Å²) in [5.41, 5.74) is 4.16. The summed E-state index contributed by atoms with van der Waals surface area (Å²) in [6, 6.07) is 11.2. The average molecular weight is 357 g/mol. The van der Waals surface area contributed by atoms with Crippen LogP contribution in [0.4, 0.5) is 0 Å². The molecule has 1 amide bonds. The van der Waals surface area contributed by atoms with Gasteiger partial charge in [-0.3, -0.25) is 9.69 Å².